The number of rotatable bonds is 6. The molecule has 5 nitrogen and oxygen atoms in total. The number of para-hydroxylation sites is 2. The van der Waals surface area contributed by atoms with E-state index in [1.807, 2.05) is 73.7 Å². The second-order valence-electron chi connectivity index (χ2n) is 14.4. The summed E-state index contributed by atoms with van der Waals surface area (Å²) in [5.41, 5.74) is 9.81. The van der Waals surface area contributed by atoms with Gasteiger partial charge in [-0.25, -0.2) is 15.0 Å². The summed E-state index contributed by atoms with van der Waals surface area (Å²) in [5.74, 6) is 1.96. The van der Waals surface area contributed by atoms with Crippen LogP contribution in [0.2, 0.25) is 0 Å². The summed E-state index contributed by atoms with van der Waals surface area (Å²) in [6.45, 7) is 4.05. The Labute approximate surface area is 333 Å². The van der Waals surface area contributed by atoms with Crippen molar-refractivity contribution in [2.24, 2.45) is 0 Å². The molecule has 0 aliphatic heterocycles. The number of fused-ring (bicyclic) bond motifs is 10. The minimum Gasteiger partial charge on any atom is -0.309 e. The minimum atomic E-state index is 0.641. The molecule has 0 saturated carbocycles. The van der Waals surface area contributed by atoms with Crippen molar-refractivity contribution in [3.05, 3.63) is 182 Å². The molecule has 0 unspecified atom stereocenters. The van der Waals surface area contributed by atoms with Crippen LogP contribution in [0.1, 0.15) is 19.7 Å². The average Bonchev–Trinajstić information content (AvgIpc) is 3.93. The Morgan fingerprint density at radius 3 is 1.91 bits per heavy atom. The van der Waals surface area contributed by atoms with Crippen LogP contribution in [0.5, 0.6) is 0 Å². The minimum absolute atomic E-state index is 0.641. The molecular weight excluding hydrogens is 715 g/mol. The van der Waals surface area contributed by atoms with Crippen LogP contribution < -0.4 is 0 Å². The fourth-order valence-corrected chi connectivity index (χ4v) is 9.47. The van der Waals surface area contributed by atoms with E-state index in [2.05, 4.69) is 137 Å². The summed E-state index contributed by atoms with van der Waals surface area (Å²) >= 11 is 1.86. The van der Waals surface area contributed by atoms with E-state index >= 15 is 0 Å². The van der Waals surface area contributed by atoms with E-state index < -0.39 is 0 Å². The zero-order valence-electron chi connectivity index (χ0n) is 31.4. The molecule has 0 radical (unpaired) electrons. The molecule has 4 heterocycles. The number of hydrogen-bond acceptors (Lipinski definition) is 4. The third kappa shape index (κ3) is 5.33. The lowest BCUT2D eigenvalue weighted by Crippen LogP contribution is -2.02. The van der Waals surface area contributed by atoms with Crippen LogP contribution in [0, 0.1) is 0 Å². The van der Waals surface area contributed by atoms with Crippen molar-refractivity contribution in [3.8, 4) is 34.2 Å². The van der Waals surface area contributed by atoms with Crippen LogP contribution in [-0.4, -0.2) is 24.1 Å². The number of nitrogens with zero attached hydrogens (tertiary/aromatic N) is 5. The monoisotopic (exact) mass is 749 g/mol. The van der Waals surface area contributed by atoms with Crippen molar-refractivity contribution in [2.75, 3.05) is 0 Å². The van der Waals surface area contributed by atoms with E-state index in [9.17, 15) is 0 Å². The van der Waals surface area contributed by atoms with E-state index in [4.69, 9.17) is 15.0 Å². The Hall–Kier alpha value is -7.15. The Morgan fingerprint density at radius 2 is 1.14 bits per heavy atom. The van der Waals surface area contributed by atoms with Crippen molar-refractivity contribution in [1.29, 1.82) is 0 Å². The van der Waals surface area contributed by atoms with Gasteiger partial charge < -0.3 is 9.13 Å². The van der Waals surface area contributed by atoms with Crippen molar-refractivity contribution >= 4 is 80.7 Å². The normalized spacial score (nSPS) is 12.4. The Balaban J connectivity index is 1.11. The molecule has 0 atom stereocenters. The fourth-order valence-electron chi connectivity index (χ4n) is 8.38. The highest BCUT2D eigenvalue weighted by Gasteiger charge is 2.21. The number of allylic oxidation sites excluding steroid dienone is 4. The summed E-state index contributed by atoms with van der Waals surface area (Å²) in [5, 5.41) is 7.52. The molecule has 0 aliphatic rings. The molecule has 0 saturated heterocycles. The molecule has 270 valence electrons. The predicted molar refractivity (Wildman–Crippen MR) is 241 cm³/mol. The van der Waals surface area contributed by atoms with Crippen LogP contribution in [-0.2, 0) is 0 Å². The molecule has 0 amide bonds. The lowest BCUT2D eigenvalue weighted by molar-refractivity contribution is 1.03. The summed E-state index contributed by atoms with van der Waals surface area (Å²) in [6.07, 6.45) is 6.06. The molecule has 7 aromatic carbocycles. The standard InChI is InChI=1S/C51H35N5S/c1-3-4-14-32(2)49-52-50(33-15-6-5-7-16-33)54-51(53-49)34-23-25-35(26-24-34)55-43-21-12-9-19-40(43)47-44(55)29-28-39-37-17-8-11-20-42(37)56(48(39)47)36-27-30-46-41(31-36)38-18-10-13-22-45(38)57-46/h3-31H,1-2H3/b4-3-,32-14+. The first-order valence-electron chi connectivity index (χ1n) is 19.2. The predicted octanol–water partition coefficient (Wildman–Crippen LogP) is 13.7. The second kappa shape index (κ2) is 13.3. The molecule has 0 aliphatic carbocycles. The van der Waals surface area contributed by atoms with E-state index in [1.54, 1.807) is 0 Å². The first-order chi connectivity index (χ1) is 28.1. The molecule has 0 bridgehead atoms. The lowest BCUT2D eigenvalue weighted by atomic mass is 10.1. The third-order valence-electron chi connectivity index (χ3n) is 11.0. The lowest BCUT2D eigenvalue weighted by Gasteiger charge is -2.11. The largest absolute Gasteiger partial charge is 0.309 e. The molecule has 0 fully saturated rings. The van der Waals surface area contributed by atoms with Gasteiger partial charge in [0.25, 0.3) is 0 Å². The van der Waals surface area contributed by atoms with Gasteiger partial charge in [-0.3, -0.25) is 0 Å². The smallest absolute Gasteiger partial charge is 0.164 e. The van der Waals surface area contributed by atoms with Gasteiger partial charge in [0.2, 0.25) is 0 Å². The molecule has 6 heteroatoms. The number of thiophene rings is 1. The van der Waals surface area contributed by atoms with Crippen LogP contribution in [0.4, 0.5) is 0 Å². The molecule has 0 spiro atoms. The number of hydrogen-bond donors (Lipinski definition) is 0. The average molecular weight is 750 g/mol. The molecule has 11 rings (SSSR count). The van der Waals surface area contributed by atoms with Gasteiger partial charge in [-0.1, -0.05) is 109 Å². The molecule has 57 heavy (non-hydrogen) atoms. The zero-order valence-corrected chi connectivity index (χ0v) is 32.2. The SMILES string of the molecule is C/C=C\C=C(/C)c1nc(-c2ccccc2)nc(-c2ccc(-n3c4ccccc4c4c3ccc3c5ccccc5n(-c5ccc6sc7ccccc7c6c5)c34)cc2)n1. The molecule has 11 aromatic rings. The Morgan fingerprint density at radius 1 is 0.509 bits per heavy atom. The highest BCUT2D eigenvalue weighted by molar-refractivity contribution is 7.25. The van der Waals surface area contributed by atoms with Gasteiger partial charge in [0.05, 0.1) is 22.1 Å². The maximum absolute atomic E-state index is 4.98. The first kappa shape index (κ1) is 33.2. The van der Waals surface area contributed by atoms with Crippen molar-refractivity contribution in [2.45, 2.75) is 13.8 Å². The summed E-state index contributed by atoms with van der Waals surface area (Å²) in [4.78, 5) is 14.8. The van der Waals surface area contributed by atoms with E-state index in [1.165, 1.54) is 52.8 Å². The summed E-state index contributed by atoms with van der Waals surface area (Å²) in [6, 6.07) is 56.6. The van der Waals surface area contributed by atoms with Crippen LogP contribution >= 0.6 is 11.3 Å². The van der Waals surface area contributed by atoms with Gasteiger partial charge in [0.1, 0.15) is 0 Å². The molecule has 0 N–H and O–H groups in total. The van der Waals surface area contributed by atoms with Crippen LogP contribution in [0.3, 0.4) is 0 Å². The van der Waals surface area contributed by atoms with Crippen molar-refractivity contribution < 1.29 is 0 Å². The van der Waals surface area contributed by atoms with Gasteiger partial charge >= 0.3 is 0 Å². The topological polar surface area (TPSA) is 48.5 Å². The van der Waals surface area contributed by atoms with Gasteiger partial charge in [-0.2, -0.15) is 0 Å². The Bertz CT molecular complexity index is 3420. The van der Waals surface area contributed by atoms with Gasteiger partial charge in [-0.05, 0) is 86.2 Å². The zero-order chi connectivity index (χ0) is 38.0. The van der Waals surface area contributed by atoms with Crippen molar-refractivity contribution in [1.82, 2.24) is 24.1 Å². The highest BCUT2D eigenvalue weighted by atomic mass is 32.1. The van der Waals surface area contributed by atoms with Gasteiger partial charge in [0, 0.05) is 64.2 Å². The molecule has 4 aromatic heterocycles. The van der Waals surface area contributed by atoms with Gasteiger partial charge in [0.15, 0.2) is 17.5 Å². The summed E-state index contributed by atoms with van der Waals surface area (Å²) in [7, 11) is 0. The van der Waals surface area contributed by atoms with Crippen LogP contribution in [0.25, 0.3) is 104 Å². The second-order valence-corrected chi connectivity index (χ2v) is 15.5. The van der Waals surface area contributed by atoms with E-state index in [0.717, 1.165) is 39.1 Å². The van der Waals surface area contributed by atoms with Gasteiger partial charge in [-0.15, -0.1) is 11.3 Å². The fraction of sp³-hybridized carbons (Fsp3) is 0.0392. The highest BCUT2D eigenvalue weighted by Crippen LogP contribution is 2.43. The number of benzene rings is 7. The maximum atomic E-state index is 4.98. The summed E-state index contributed by atoms with van der Waals surface area (Å²) < 4.78 is 7.49. The first-order valence-corrected chi connectivity index (χ1v) is 20.1. The Kier molecular flexibility index (Phi) is 7.72. The maximum Gasteiger partial charge on any atom is 0.164 e. The third-order valence-corrected chi connectivity index (χ3v) is 12.2. The quantitative estimate of drug-likeness (QED) is 0.159. The van der Waals surface area contributed by atoms with E-state index in [0.29, 0.717) is 17.5 Å². The molecular formula is C51H35N5S. The van der Waals surface area contributed by atoms with E-state index in [-0.39, 0.29) is 0 Å². The van der Waals surface area contributed by atoms with Crippen molar-refractivity contribution in [3.63, 3.8) is 0 Å². The van der Waals surface area contributed by atoms with Crippen LogP contribution in [0.15, 0.2) is 176 Å². The number of aromatic nitrogens is 5.